The Morgan fingerprint density at radius 2 is 1.93 bits per heavy atom. The van der Waals surface area contributed by atoms with Gasteiger partial charge in [-0.15, -0.1) is 0 Å². The highest BCUT2D eigenvalue weighted by Crippen LogP contribution is 2.32. The minimum absolute atomic E-state index is 0. The van der Waals surface area contributed by atoms with Crippen LogP contribution in [0.2, 0.25) is 0 Å². The summed E-state index contributed by atoms with van der Waals surface area (Å²) in [5, 5.41) is 2.41. The second-order valence-electron chi connectivity index (χ2n) is 6.21. The molecule has 0 saturated carbocycles. The summed E-state index contributed by atoms with van der Waals surface area (Å²) in [6.07, 6.45) is 1.35. The first-order valence-electron chi connectivity index (χ1n) is 8.19. The van der Waals surface area contributed by atoms with Crippen LogP contribution in [-0.2, 0) is 10.7 Å². The van der Waals surface area contributed by atoms with Crippen molar-refractivity contribution in [1.82, 2.24) is 4.98 Å². The molecule has 1 aliphatic rings. The van der Waals surface area contributed by atoms with Gasteiger partial charge in [0.05, 0.1) is 0 Å². The van der Waals surface area contributed by atoms with E-state index >= 15 is 0 Å². The largest absolute Gasteiger partial charge is 0.440 e. The van der Waals surface area contributed by atoms with Crippen molar-refractivity contribution in [2.24, 2.45) is 0 Å². The fourth-order valence-corrected chi connectivity index (χ4v) is 2.67. The van der Waals surface area contributed by atoms with Gasteiger partial charge in [-0.3, -0.25) is 4.79 Å². The molecular formula is C19H18F4N2O2. The summed E-state index contributed by atoms with van der Waals surface area (Å²) in [6.45, 7) is 2.20. The third-order valence-electron chi connectivity index (χ3n) is 4.01. The van der Waals surface area contributed by atoms with Crippen LogP contribution >= 0.6 is 0 Å². The summed E-state index contributed by atoms with van der Waals surface area (Å²) >= 11 is 0. The van der Waals surface area contributed by atoms with E-state index in [0.717, 1.165) is 6.08 Å². The Bertz CT molecular complexity index is 944. The molecule has 8 heteroatoms. The Balaban J connectivity index is 0.00000280. The molecule has 1 heterocycles. The fraction of sp³-hybridized carbons (Fsp3) is 0.263. The number of rotatable bonds is 4. The topological polar surface area (TPSA) is 55.1 Å². The molecule has 0 radical (unpaired) electrons. The Morgan fingerprint density at radius 1 is 1.26 bits per heavy atom. The maximum absolute atomic E-state index is 13.7. The Labute approximate surface area is 154 Å². The van der Waals surface area contributed by atoms with E-state index in [9.17, 15) is 22.4 Å². The molecule has 144 valence electrons. The van der Waals surface area contributed by atoms with Gasteiger partial charge < -0.3 is 9.73 Å². The lowest BCUT2D eigenvalue weighted by Gasteiger charge is -2.12. The number of aromatic nitrogens is 1. The van der Waals surface area contributed by atoms with E-state index in [1.807, 2.05) is 0 Å². The number of hydrogen-bond donors (Lipinski definition) is 1. The number of nitrogens with zero attached hydrogens (tertiary/aromatic N) is 1. The van der Waals surface area contributed by atoms with Crippen LogP contribution in [0.5, 0.6) is 0 Å². The molecule has 1 N–H and O–H groups in total. The molecule has 1 aromatic carbocycles. The van der Waals surface area contributed by atoms with Gasteiger partial charge in [0.15, 0.2) is 0 Å². The third-order valence-corrected chi connectivity index (χ3v) is 4.01. The number of allylic oxidation sites excluding steroid dienone is 2. The molecule has 1 aliphatic carbocycles. The third kappa shape index (κ3) is 3.94. The molecule has 0 unspecified atom stereocenters. The number of carbonyl (C=O) groups is 1. The van der Waals surface area contributed by atoms with Gasteiger partial charge in [-0.2, -0.15) is 8.78 Å². The normalized spacial score (nSPS) is 15.0. The van der Waals surface area contributed by atoms with Gasteiger partial charge in [-0.25, -0.2) is 13.8 Å². The van der Waals surface area contributed by atoms with Gasteiger partial charge in [-0.05, 0) is 31.6 Å². The lowest BCUT2D eigenvalue weighted by atomic mass is 10.0. The van der Waals surface area contributed by atoms with E-state index in [4.69, 9.17) is 4.42 Å². The first kappa shape index (κ1) is 18.9. The molecule has 0 aliphatic heterocycles. The van der Waals surface area contributed by atoms with E-state index in [1.54, 1.807) is 0 Å². The zero-order valence-electron chi connectivity index (χ0n) is 14.6. The van der Waals surface area contributed by atoms with Crippen molar-refractivity contribution in [1.29, 1.82) is 0 Å². The zero-order valence-corrected chi connectivity index (χ0v) is 14.6. The number of hydrogen-bond acceptors (Lipinski definition) is 3. The van der Waals surface area contributed by atoms with E-state index in [-0.39, 0.29) is 25.7 Å². The maximum atomic E-state index is 13.7. The van der Waals surface area contributed by atoms with Crippen LogP contribution in [0.25, 0.3) is 11.3 Å². The van der Waals surface area contributed by atoms with Crippen molar-refractivity contribution in [2.45, 2.75) is 32.6 Å². The maximum Gasteiger partial charge on any atom is 0.319 e. The summed E-state index contributed by atoms with van der Waals surface area (Å²) in [5.41, 5.74) is 0.440. The van der Waals surface area contributed by atoms with E-state index in [1.165, 1.54) is 31.2 Å². The fourth-order valence-electron chi connectivity index (χ4n) is 2.67. The van der Waals surface area contributed by atoms with Crippen LogP contribution in [0.15, 0.2) is 52.0 Å². The summed E-state index contributed by atoms with van der Waals surface area (Å²) in [5.74, 6) is -6.24. The van der Waals surface area contributed by atoms with Crippen molar-refractivity contribution in [2.75, 3.05) is 5.32 Å². The number of oxazole rings is 1. The highest BCUT2D eigenvalue weighted by Gasteiger charge is 2.32. The van der Waals surface area contributed by atoms with Gasteiger partial charge in [-0.1, -0.05) is 12.1 Å². The Morgan fingerprint density at radius 3 is 2.48 bits per heavy atom. The van der Waals surface area contributed by atoms with Crippen LogP contribution < -0.4 is 5.32 Å². The van der Waals surface area contributed by atoms with Crippen molar-refractivity contribution < 1.29 is 28.2 Å². The van der Waals surface area contributed by atoms with Crippen LogP contribution in [0.4, 0.5) is 23.2 Å². The van der Waals surface area contributed by atoms with Crippen LogP contribution in [0, 0.1) is 6.92 Å². The number of aryl methyl sites for hydroxylation is 1. The van der Waals surface area contributed by atoms with Crippen molar-refractivity contribution >= 4 is 11.6 Å². The molecule has 2 aromatic rings. The molecule has 0 atom stereocenters. The van der Waals surface area contributed by atoms with E-state index in [2.05, 4.69) is 10.3 Å². The second kappa shape index (κ2) is 7.02. The number of nitrogens with one attached hydrogen (secondary N) is 1. The number of benzene rings is 1. The van der Waals surface area contributed by atoms with Crippen molar-refractivity contribution in [3.8, 4) is 11.3 Å². The molecule has 0 fully saturated rings. The van der Waals surface area contributed by atoms with E-state index in [0.29, 0.717) is 18.2 Å². The van der Waals surface area contributed by atoms with E-state index < -0.39 is 34.9 Å². The van der Waals surface area contributed by atoms with Gasteiger partial charge >= 0.3 is 5.92 Å². The number of carbonyl (C=O) groups excluding carboxylic acids is 1. The molecular weight excluding hydrogens is 364 g/mol. The lowest BCUT2D eigenvalue weighted by Crippen LogP contribution is -2.17. The average Bonchev–Trinajstić information content (AvgIpc) is 2.97. The summed E-state index contributed by atoms with van der Waals surface area (Å²) in [4.78, 5) is 15.9. The van der Waals surface area contributed by atoms with Gasteiger partial charge in [0.2, 0.25) is 0 Å². The van der Waals surface area contributed by atoms with Crippen LogP contribution in [-0.4, -0.2) is 10.9 Å². The number of anilines is 1. The van der Waals surface area contributed by atoms with Gasteiger partial charge in [0.25, 0.3) is 11.8 Å². The number of halogens is 4. The van der Waals surface area contributed by atoms with Crippen LogP contribution in [0.1, 0.15) is 32.8 Å². The predicted molar refractivity (Wildman–Crippen MR) is 93.5 cm³/mol. The predicted octanol–water partition coefficient (Wildman–Crippen LogP) is 5.82. The van der Waals surface area contributed by atoms with Crippen molar-refractivity contribution in [3.63, 3.8) is 0 Å². The minimum atomic E-state index is -3.20. The highest BCUT2D eigenvalue weighted by atomic mass is 19.3. The molecule has 1 aromatic heterocycles. The highest BCUT2D eigenvalue weighted by molar-refractivity contribution is 6.07. The Kier molecular flexibility index (Phi) is 4.91. The molecule has 0 spiro atoms. The zero-order chi connectivity index (χ0) is 19.8. The van der Waals surface area contributed by atoms with Crippen molar-refractivity contribution in [3.05, 3.63) is 59.2 Å². The first-order valence-corrected chi connectivity index (χ1v) is 8.19. The summed E-state index contributed by atoms with van der Waals surface area (Å²) < 4.78 is 59.1. The Hall–Kier alpha value is -2.90. The summed E-state index contributed by atoms with van der Waals surface area (Å²) in [7, 11) is 0. The first-order chi connectivity index (χ1) is 12.7. The molecule has 27 heavy (non-hydrogen) atoms. The van der Waals surface area contributed by atoms with Crippen LogP contribution in [0.3, 0.4) is 0 Å². The monoisotopic (exact) mass is 382 g/mol. The SMILES string of the molecule is Cc1oc(C(C)(F)F)nc1-c1ccc(NC(=O)C2=C(F)CCC=C2F)cc1.[HH]. The number of amides is 1. The molecule has 4 nitrogen and oxygen atoms in total. The van der Waals surface area contributed by atoms with Gasteiger partial charge in [0.1, 0.15) is 28.7 Å². The quantitative estimate of drug-likeness (QED) is 0.678. The minimum Gasteiger partial charge on any atom is -0.440 e. The number of alkyl halides is 2. The molecule has 0 bridgehead atoms. The smallest absolute Gasteiger partial charge is 0.319 e. The molecule has 3 rings (SSSR count). The van der Waals surface area contributed by atoms with Gasteiger partial charge in [0, 0.05) is 26.0 Å². The second-order valence-corrected chi connectivity index (χ2v) is 6.21. The molecule has 0 saturated heterocycles. The molecule has 1 amide bonds. The standard InChI is InChI=1S/C19H16F4N2O2.H2/c1-10-16(25-18(27-10)19(2,22)23)11-6-8-12(9-7-11)24-17(26)15-13(20)4-3-5-14(15)21;/h4,6-9H,3,5H2,1-2H3,(H,24,26);1H. The summed E-state index contributed by atoms with van der Waals surface area (Å²) in [6, 6.07) is 6.04. The lowest BCUT2D eigenvalue weighted by molar-refractivity contribution is -0.112. The average molecular weight is 382 g/mol.